The molecule has 0 atom stereocenters. The molecule has 0 amide bonds. The van der Waals surface area contributed by atoms with E-state index in [4.69, 9.17) is 18.6 Å². The second kappa shape index (κ2) is 7.91. The van der Waals surface area contributed by atoms with Crippen molar-refractivity contribution in [1.29, 1.82) is 0 Å². The Morgan fingerprint density at radius 2 is 1.83 bits per heavy atom. The molecule has 7 heteroatoms. The molecule has 2 heterocycles. The summed E-state index contributed by atoms with van der Waals surface area (Å²) in [5.74, 6) is 1.89. The van der Waals surface area contributed by atoms with Crippen LogP contribution in [0.2, 0.25) is 0 Å². The van der Waals surface area contributed by atoms with Crippen molar-refractivity contribution in [3.63, 3.8) is 0 Å². The van der Waals surface area contributed by atoms with E-state index in [1.54, 1.807) is 24.3 Å². The minimum atomic E-state index is -0.334. The van der Waals surface area contributed by atoms with E-state index < -0.39 is 0 Å². The number of hydrogen-bond donors (Lipinski definition) is 2. The van der Waals surface area contributed by atoms with Gasteiger partial charge in [-0.2, -0.15) is 0 Å². The van der Waals surface area contributed by atoms with E-state index in [1.165, 1.54) is 12.1 Å². The van der Waals surface area contributed by atoms with Crippen LogP contribution in [0.3, 0.4) is 0 Å². The van der Waals surface area contributed by atoms with E-state index in [-0.39, 0.29) is 27.7 Å². The average molecular weight is 411 g/mol. The van der Waals surface area contributed by atoms with E-state index in [0.29, 0.717) is 54.9 Å². The van der Waals surface area contributed by atoms with Crippen LogP contribution in [0.1, 0.15) is 20.8 Å². The highest BCUT2D eigenvalue weighted by molar-refractivity contribution is 5.86. The topological polar surface area (TPSA) is 90.2 Å². The summed E-state index contributed by atoms with van der Waals surface area (Å²) in [6.45, 7) is 8.24. The predicted molar refractivity (Wildman–Crippen MR) is 114 cm³/mol. The van der Waals surface area contributed by atoms with Gasteiger partial charge in [0.1, 0.15) is 48.0 Å². The largest absolute Gasteiger partial charge is 0.507 e. The Bertz CT molecular complexity index is 1130. The molecule has 30 heavy (non-hydrogen) atoms. The summed E-state index contributed by atoms with van der Waals surface area (Å²) in [4.78, 5) is 12.6. The quantitative estimate of drug-likeness (QED) is 0.619. The Morgan fingerprint density at radius 1 is 1.07 bits per heavy atom. The molecule has 7 nitrogen and oxygen atoms in total. The van der Waals surface area contributed by atoms with Crippen molar-refractivity contribution in [2.75, 3.05) is 26.4 Å². The van der Waals surface area contributed by atoms with E-state index in [1.807, 2.05) is 0 Å². The zero-order valence-corrected chi connectivity index (χ0v) is 17.3. The van der Waals surface area contributed by atoms with Crippen LogP contribution in [0.4, 0.5) is 0 Å². The van der Waals surface area contributed by atoms with Gasteiger partial charge >= 0.3 is 0 Å². The Morgan fingerprint density at radius 3 is 2.60 bits per heavy atom. The maximum Gasteiger partial charge on any atom is 0.197 e. The zero-order chi connectivity index (χ0) is 21.3. The molecule has 158 valence electrons. The molecule has 2 aromatic carbocycles. The molecular formula is C23H25NO6. The zero-order valence-electron chi connectivity index (χ0n) is 17.3. The van der Waals surface area contributed by atoms with Gasteiger partial charge in [-0.1, -0.05) is 0 Å². The summed E-state index contributed by atoms with van der Waals surface area (Å²) >= 11 is 0. The van der Waals surface area contributed by atoms with Crippen molar-refractivity contribution in [3.8, 4) is 34.3 Å². The molecule has 1 aromatic heterocycles. The predicted octanol–water partition coefficient (Wildman–Crippen LogP) is 3.70. The van der Waals surface area contributed by atoms with Gasteiger partial charge in [0, 0.05) is 35.8 Å². The SMILES string of the molecule is CC(C)(C)NCCOc1cc(O)c2c(=O)cc(-c3ccc4c(c3)OCCO4)oc2c1. The number of aromatic hydroxyl groups is 1. The summed E-state index contributed by atoms with van der Waals surface area (Å²) in [5.41, 5.74) is 0.587. The number of fused-ring (bicyclic) bond motifs is 2. The maximum absolute atomic E-state index is 12.6. The summed E-state index contributed by atoms with van der Waals surface area (Å²) in [6.07, 6.45) is 0. The lowest BCUT2D eigenvalue weighted by Crippen LogP contribution is -2.38. The molecule has 0 bridgehead atoms. The van der Waals surface area contributed by atoms with Crippen molar-refractivity contribution in [2.24, 2.45) is 0 Å². The summed E-state index contributed by atoms with van der Waals surface area (Å²) in [7, 11) is 0. The standard InChI is InChI=1S/C23H25NO6/c1-23(2,3)24-6-7-27-15-11-16(25)22-17(26)13-19(30-21(22)12-15)14-4-5-18-20(10-14)29-9-8-28-18/h4-5,10-13,24-25H,6-9H2,1-3H3. The third kappa shape index (κ3) is 4.36. The smallest absolute Gasteiger partial charge is 0.197 e. The number of ether oxygens (including phenoxy) is 3. The van der Waals surface area contributed by atoms with Gasteiger partial charge in [0.05, 0.1) is 0 Å². The molecular weight excluding hydrogens is 386 g/mol. The fourth-order valence-electron chi connectivity index (χ4n) is 3.26. The minimum absolute atomic E-state index is 0.0137. The van der Waals surface area contributed by atoms with Gasteiger partial charge < -0.3 is 29.1 Å². The van der Waals surface area contributed by atoms with Crippen LogP contribution in [-0.4, -0.2) is 37.0 Å². The molecule has 2 N–H and O–H groups in total. The lowest BCUT2D eigenvalue weighted by Gasteiger charge is -2.20. The van der Waals surface area contributed by atoms with Crippen LogP contribution in [0.5, 0.6) is 23.0 Å². The molecule has 0 saturated carbocycles. The Balaban J connectivity index is 1.64. The van der Waals surface area contributed by atoms with Gasteiger partial charge in [0.2, 0.25) is 0 Å². The molecule has 0 spiro atoms. The molecule has 0 unspecified atom stereocenters. The summed E-state index contributed by atoms with van der Waals surface area (Å²) in [5, 5.41) is 13.8. The number of rotatable bonds is 5. The molecule has 0 aliphatic carbocycles. The first-order valence-electron chi connectivity index (χ1n) is 9.89. The molecule has 4 rings (SSSR count). The van der Waals surface area contributed by atoms with Crippen LogP contribution < -0.4 is 25.0 Å². The number of nitrogens with one attached hydrogen (secondary N) is 1. The fraction of sp³-hybridized carbons (Fsp3) is 0.348. The second-order valence-corrected chi connectivity index (χ2v) is 8.17. The van der Waals surface area contributed by atoms with Gasteiger partial charge in [-0.3, -0.25) is 4.79 Å². The number of hydrogen-bond acceptors (Lipinski definition) is 7. The Kier molecular flexibility index (Phi) is 5.30. The summed E-state index contributed by atoms with van der Waals surface area (Å²) < 4.78 is 22.8. The van der Waals surface area contributed by atoms with Gasteiger partial charge in [-0.15, -0.1) is 0 Å². The third-order valence-electron chi connectivity index (χ3n) is 4.64. The van der Waals surface area contributed by atoms with Crippen molar-refractivity contribution in [2.45, 2.75) is 26.3 Å². The van der Waals surface area contributed by atoms with Crippen LogP contribution in [-0.2, 0) is 0 Å². The molecule has 0 saturated heterocycles. The van der Waals surface area contributed by atoms with Crippen molar-refractivity contribution in [3.05, 3.63) is 46.6 Å². The molecule has 0 radical (unpaired) electrons. The molecule has 1 aliphatic rings. The van der Waals surface area contributed by atoms with Crippen LogP contribution in [0.25, 0.3) is 22.3 Å². The van der Waals surface area contributed by atoms with Gasteiger partial charge in [-0.05, 0) is 39.0 Å². The second-order valence-electron chi connectivity index (χ2n) is 8.17. The number of phenols is 1. The normalized spacial score (nSPS) is 13.4. The van der Waals surface area contributed by atoms with Gasteiger partial charge in [-0.25, -0.2) is 0 Å². The van der Waals surface area contributed by atoms with Gasteiger partial charge in [0.15, 0.2) is 16.9 Å². The lowest BCUT2D eigenvalue weighted by atomic mass is 10.1. The van der Waals surface area contributed by atoms with Gasteiger partial charge in [0.25, 0.3) is 0 Å². The monoisotopic (exact) mass is 411 g/mol. The third-order valence-corrected chi connectivity index (χ3v) is 4.64. The highest BCUT2D eigenvalue weighted by atomic mass is 16.6. The average Bonchev–Trinajstić information content (AvgIpc) is 2.69. The van der Waals surface area contributed by atoms with E-state index in [0.717, 1.165) is 0 Å². The van der Waals surface area contributed by atoms with Crippen molar-refractivity contribution >= 4 is 11.0 Å². The maximum atomic E-state index is 12.6. The van der Waals surface area contributed by atoms with Crippen LogP contribution in [0.15, 0.2) is 45.6 Å². The van der Waals surface area contributed by atoms with Crippen LogP contribution in [0, 0.1) is 0 Å². The van der Waals surface area contributed by atoms with E-state index >= 15 is 0 Å². The Labute approximate surface area is 174 Å². The Hall–Kier alpha value is -3.19. The lowest BCUT2D eigenvalue weighted by molar-refractivity contribution is 0.171. The van der Waals surface area contributed by atoms with Crippen molar-refractivity contribution < 1.29 is 23.7 Å². The first-order valence-corrected chi connectivity index (χ1v) is 9.89. The highest BCUT2D eigenvalue weighted by Gasteiger charge is 2.16. The first-order chi connectivity index (χ1) is 14.3. The first kappa shape index (κ1) is 20.1. The minimum Gasteiger partial charge on any atom is -0.507 e. The number of benzene rings is 2. The number of phenolic OH excluding ortho intramolecular Hbond substituents is 1. The fourth-order valence-corrected chi connectivity index (χ4v) is 3.26. The molecule has 0 fully saturated rings. The molecule has 3 aromatic rings. The molecule has 1 aliphatic heterocycles. The summed E-state index contributed by atoms with van der Waals surface area (Å²) in [6, 6.07) is 9.77. The van der Waals surface area contributed by atoms with E-state index in [2.05, 4.69) is 26.1 Å². The van der Waals surface area contributed by atoms with E-state index in [9.17, 15) is 9.90 Å². The van der Waals surface area contributed by atoms with Crippen molar-refractivity contribution in [1.82, 2.24) is 5.32 Å². The van der Waals surface area contributed by atoms with Crippen LogP contribution >= 0.6 is 0 Å². The highest BCUT2D eigenvalue weighted by Crippen LogP contribution is 2.36.